The number of benzene rings is 2. The average Bonchev–Trinajstić information content (AvgIpc) is 3.23. The predicted octanol–water partition coefficient (Wildman–Crippen LogP) is 4.13. The Hall–Kier alpha value is -3.79. The van der Waals surface area contributed by atoms with Crippen molar-refractivity contribution < 1.29 is 37.4 Å². The molecule has 2 aromatic carbocycles. The first kappa shape index (κ1) is 22.4. The van der Waals surface area contributed by atoms with Crippen molar-refractivity contribution in [3.63, 3.8) is 0 Å². The van der Waals surface area contributed by atoms with Crippen molar-refractivity contribution in [1.82, 2.24) is 0 Å². The fraction of sp³-hybridized carbons (Fsp3) is 0.174. The van der Waals surface area contributed by atoms with Crippen LogP contribution in [0, 0.1) is 11.6 Å². The number of ether oxygens (including phenoxy) is 3. The molecule has 1 aliphatic heterocycles. The van der Waals surface area contributed by atoms with E-state index in [1.165, 1.54) is 43.9 Å². The van der Waals surface area contributed by atoms with Gasteiger partial charge in [0.2, 0.25) is 5.91 Å². The third-order valence-electron chi connectivity index (χ3n) is 5.08. The number of methoxy groups -OCH3 is 2. The van der Waals surface area contributed by atoms with Gasteiger partial charge in [-0.3, -0.25) is 9.59 Å². The van der Waals surface area contributed by atoms with E-state index in [2.05, 4.69) is 0 Å². The molecule has 0 atom stereocenters. The molecule has 0 bridgehead atoms. The fourth-order valence-electron chi connectivity index (χ4n) is 3.49. The molecule has 0 fully saturated rings. The van der Waals surface area contributed by atoms with E-state index >= 15 is 0 Å². The van der Waals surface area contributed by atoms with E-state index in [4.69, 9.17) is 14.2 Å². The van der Waals surface area contributed by atoms with Gasteiger partial charge in [-0.05, 0) is 35.2 Å². The third-order valence-corrected chi connectivity index (χ3v) is 6.09. The fourth-order valence-corrected chi connectivity index (χ4v) is 4.47. The van der Waals surface area contributed by atoms with Crippen molar-refractivity contribution >= 4 is 34.8 Å². The summed E-state index contributed by atoms with van der Waals surface area (Å²) in [4.78, 5) is 38.6. The van der Waals surface area contributed by atoms with Gasteiger partial charge in [0, 0.05) is 6.07 Å². The van der Waals surface area contributed by atoms with Crippen LogP contribution < -0.4 is 14.4 Å². The summed E-state index contributed by atoms with van der Waals surface area (Å²) in [5.41, 5.74) is 0.205. The first-order valence-electron chi connectivity index (χ1n) is 9.65. The number of fused-ring (bicyclic) bond motifs is 1. The lowest BCUT2D eigenvalue weighted by Crippen LogP contribution is -2.43. The van der Waals surface area contributed by atoms with E-state index in [0.29, 0.717) is 10.5 Å². The van der Waals surface area contributed by atoms with Gasteiger partial charge in [-0.15, -0.1) is 11.3 Å². The molecule has 0 radical (unpaired) electrons. The van der Waals surface area contributed by atoms with Crippen molar-refractivity contribution in [1.29, 1.82) is 0 Å². The van der Waals surface area contributed by atoms with E-state index in [1.54, 1.807) is 6.07 Å². The average molecular weight is 473 g/mol. The summed E-state index contributed by atoms with van der Waals surface area (Å²) in [5, 5.41) is 1.53. The minimum Gasteiger partial charge on any atom is -0.496 e. The second-order valence-electron chi connectivity index (χ2n) is 6.99. The number of hydrogen-bond acceptors (Lipinski definition) is 7. The number of anilines is 1. The Kier molecular flexibility index (Phi) is 6.10. The summed E-state index contributed by atoms with van der Waals surface area (Å²) in [6, 6.07) is 7.81. The Labute approximate surface area is 191 Å². The zero-order valence-corrected chi connectivity index (χ0v) is 18.3. The predicted molar refractivity (Wildman–Crippen MR) is 115 cm³/mol. The van der Waals surface area contributed by atoms with E-state index < -0.39 is 29.4 Å². The molecule has 0 saturated heterocycles. The lowest BCUT2D eigenvalue weighted by Gasteiger charge is -2.26. The van der Waals surface area contributed by atoms with Crippen LogP contribution in [0.5, 0.6) is 11.5 Å². The van der Waals surface area contributed by atoms with Crippen LogP contribution in [0.1, 0.15) is 31.2 Å². The number of nitrogens with zero attached hydrogens (tertiary/aromatic N) is 1. The number of imide groups is 1. The molecule has 3 aromatic rings. The van der Waals surface area contributed by atoms with Gasteiger partial charge in [-0.1, -0.05) is 6.07 Å². The minimum absolute atomic E-state index is 0.00765. The maximum absolute atomic E-state index is 14.7. The molecule has 0 aliphatic carbocycles. The van der Waals surface area contributed by atoms with Crippen LogP contribution in [-0.2, 0) is 22.6 Å². The second-order valence-corrected chi connectivity index (χ2v) is 7.87. The van der Waals surface area contributed by atoms with Crippen LogP contribution in [-0.4, -0.2) is 32.0 Å². The van der Waals surface area contributed by atoms with Crippen LogP contribution in [0.25, 0.3) is 0 Å². The Morgan fingerprint density at radius 2 is 1.91 bits per heavy atom. The van der Waals surface area contributed by atoms with Crippen LogP contribution in [0.2, 0.25) is 0 Å². The first-order valence-corrected chi connectivity index (χ1v) is 10.5. The first-order chi connectivity index (χ1) is 15.8. The van der Waals surface area contributed by atoms with Gasteiger partial charge >= 0.3 is 5.97 Å². The highest BCUT2D eigenvalue weighted by atomic mass is 32.1. The van der Waals surface area contributed by atoms with Gasteiger partial charge in [-0.25, -0.2) is 18.5 Å². The highest BCUT2D eigenvalue weighted by molar-refractivity contribution is 7.12. The smallest absolute Gasteiger partial charge is 0.348 e. The summed E-state index contributed by atoms with van der Waals surface area (Å²) in [6.45, 7) is -0.232. The number of halogens is 2. The zero-order valence-electron chi connectivity index (χ0n) is 17.5. The molecular formula is C23H17F2NO6S. The van der Waals surface area contributed by atoms with Gasteiger partial charge in [0.25, 0.3) is 5.91 Å². The van der Waals surface area contributed by atoms with Crippen molar-refractivity contribution in [2.24, 2.45) is 0 Å². The van der Waals surface area contributed by atoms with Gasteiger partial charge in [0.1, 0.15) is 34.6 Å². The second kappa shape index (κ2) is 8.99. The van der Waals surface area contributed by atoms with Crippen molar-refractivity contribution in [3.05, 3.63) is 75.0 Å². The highest BCUT2D eigenvalue weighted by Gasteiger charge is 2.38. The summed E-state index contributed by atoms with van der Waals surface area (Å²) >= 11 is 0.979. The number of rotatable bonds is 6. The molecule has 170 valence electrons. The SMILES string of the molecule is COC(=O)c1scc2c1C(=O)N(c1cc(OCc3c(F)cccc3OC)ccc1F)C(=O)C2. The standard InChI is InChI=1S/C23H17F2NO6S/c1-30-18-5-3-4-15(24)14(18)10-32-13-6-7-16(25)17(9-13)26-19(27)8-12-11-33-21(23(29)31-2)20(12)22(26)28/h3-7,9,11H,8,10H2,1-2H3. The molecule has 10 heteroatoms. The van der Waals surface area contributed by atoms with Crippen molar-refractivity contribution in [2.75, 3.05) is 19.1 Å². The number of carbonyl (C=O) groups is 3. The lowest BCUT2D eigenvalue weighted by atomic mass is 10.0. The number of hydrogen-bond donors (Lipinski definition) is 0. The summed E-state index contributed by atoms with van der Waals surface area (Å²) in [5.74, 6) is -3.23. The Morgan fingerprint density at radius 1 is 1.12 bits per heavy atom. The van der Waals surface area contributed by atoms with Gasteiger partial charge < -0.3 is 14.2 Å². The monoisotopic (exact) mass is 473 g/mol. The summed E-state index contributed by atoms with van der Waals surface area (Å²) in [6.07, 6.45) is -0.189. The topological polar surface area (TPSA) is 82.1 Å². The van der Waals surface area contributed by atoms with Crippen molar-refractivity contribution in [3.8, 4) is 11.5 Å². The van der Waals surface area contributed by atoms with Gasteiger partial charge in [0.05, 0.1) is 37.5 Å². The maximum Gasteiger partial charge on any atom is 0.348 e. The molecule has 0 spiro atoms. The van der Waals surface area contributed by atoms with Crippen LogP contribution >= 0.6 is 11.3 Å². The summed E-state index contributed by atoms with van der Waals surface area (Å²) in [7, 11) is 2.57. The largest absolute Gasteiger partial charge is 0.496 e. The Bertz CT molecular complexity index is 1270. The third kappa shape index (κ3) is 4.05. The maximum atomic E-state index is 14.7. The molecule has 2 heterocycles. The number of esters is 1. The normalized spacial score (nSPS) is 13.0. The minimum atomic E-state index is -0.842. The molecule has 0 N–H and O–H groups in total. The van der Waals surface area contributed by atoms with Crippen LogP contribution in [0.15, 0.2) is 41.8 Å². The van der Waals surface area contributed by atoms with Crippen LogP contribution in [0.3, 0.4) is 0 Å². The van der Waals surface area contributed by atoms with E-state index in [1.807, 2.05) is 0 Å². The quantitative estimate of drug-likeness (QED) is 0.396. The van der Waals surface area contributed by atoms with Gasteiger partial charge in [0.15, 0.2) is 0 Å². The molecule has 0 saturated carbocycles. The molecule has 33 heavy (non-hydrogen) atoms. The molecular weight excluding hydrogens is 456 g/mol. The summed E-state index contributed by atoms with van der Waals surface area (Å²) < 4.78 is 44.3. The number of carbonyl (C=O) groups excluding carboxylic acids is 3. The van der Waals surface area contributed by atoms with E-state index in [9.17, 15) is 23.2 Å². The van der Waals surface area contributed by atoms with E-state index in [0.717, 1.165) is 17.4 Å². The highest BCUT2D eigenvalue weighted by Crippen LogP contribution is 2.35. The molecule has 1 aliphatic rings. The van der Waals surface area contributed by atoms with Gasteiger partial charge in [-0.2, -0.15) is 0 Å². The molecule has 4 rings (SSSR count). The Balaban J connectivity index is 1.66. The molecule has 2 amide bonds. The lowest BCUT2D eigenvalue weighted by molar-refractivity contribution is -0.117. The number of thiophene rings is 1. The van der Waals surface area contributed by atoms with Crippen molar-refractivity contribution in [2.45, 2.75) is 13.0 Å². The molecule has 1 aromatic heterocycles. The van der Waals surface area contributed by atoms with Crippen LogP contribution in [0.4, 0.5) is 14.5 Å². The Morgan fingerprint density at radius 3 is 2.64 bits per heavy atom. The number of amides is 2. The van der Waals surface area contributed by atoms with E-state index in [-0.39, 0.29) is 46.2 Å². The molecule has 7 nitrogen and oxygen atoms in total. The molecule has 0 unspecified atom stereocenters. The zero-order chi connectivity index (χ0) is 23.7.